The van der Waals surface area contributed by atoms with E-state index in [-0.39, 0.29) is 5.91 Å². The van der Waals surface area contributed by atoms with Crippen LogP contribution in [0.2, 0.25) is 0 Å². The van der Waals surface area contributed by atoms with Crippen molar-refractivity contribution in [2.45, 2.75) is 20.0 Å². The second-order valence-corrected chi connectivity index (χ2v) is 6.28. The maximum atomic E-state index is 12.5. The van der Waals surface area contributed by atoms with Crippen LogP contribution in [0.5, 0.6) is 0 Å². The summed E-state index contributed by atoms with van der Waals surface area (Å²) in [5.41, 5.74) is 3.94. The number of carbonyl (C=O) groups excluding carboxylic acids is 1. The van der Waals surface area contributed by atoms with Crippen LogP contribution in [0.25, 0.3) is 0 Å². The number of hydrogen-bond donors (Lipinski definition) is 1. The number of benzene rings is 2. The predicted octanol–water partition coefficient (Wildman–Crippen LogP) is 3.67. The van der Waals surface area contributed by atoms with Crippen LogP contribution in [0, 0.1) is 6.92 Å². The van der Waals surface area contributed by atoms with Gasteiger partial charge in [0.1, 0.15) is 0 Å². The van der Waals surface area contributed by atoms with Crippen LogP contribution in [0.4, 0.5) is 5.95 Å². The number of carbonyl (C=O) groups is 1. The van der Waals surface area contributed by atoms with Gasteiger partial charge in [0, 0.05) is 32.5 Å². The SMILES string of the molecule is Cc1ccc(CNc2ncc(C(=O)N(C)Cc3ccccc3)cn2)cc1. The fourth-order valence-electron chi connectivity index (χ4n) is 2.57. The van der Waals surface area contributed by atoms with Gasteiger partial charge in [-0.2, -0.15) is 0 Å². The Balaban J connectivity index is 1.57. The molecule has 0 bridgehead atoms. The van der Waals surface area contributed by atoms with Gasteiger partial charge in [0.25, 0.3) is 5.91 Å². The molecule has 2 aromatic carbocycles. The molecule has 0 fully saturated rings. The van der Waals surface area contributed by atoms with Crippen LogP contribution in [0.3, 0.4) is 0 Å². The first-order chi connectivity index (χ1) is 12.6. The van der Waals surface area contributed by atoms with E-state index in [0.717, 1.165) is 11.1 Å². The Morgan fingerprint density at radius 2 is 1.62 bits per heavy atom. The number of aromatic nitrogens is 2. The standard InChI is InChI=1S/C21H22N4O/c1-16-8-10-17(11-9-16)12-22-21-23-13-19(14-24-21)20(26)25(2)15-18-6-4-3-5-7-18/h3-11,13-14H,12,15H2,1-2H3,(H,22,23,24). The Morgan fingerprint density at radius 1 is 0.962 bits per heavy atom. The number of anilines is 1. The number of aryl methyl sites for hydroxylation is 1. The van der Waals surface area contributed by atoms with Crippen LogP contribution in [0.1, 0.15) is 27.0 Å². The Bertz CT molecular complexity index is 845. The van der Waals surface area contributed by atoms with Crippen molar-refractivity contribution in [1.29, 1.82) is 0 Å². The van der Waals surface area contributed by atoms with Gasteiger partial charge >= 0.3 is 0 Å². The van der Waals surface area contributed by atoms with Crippen molar-refractivity contribution in [3.05, 3.63) is 89.2 Å². The molecule has 132 valence electrons. The molecule has 0 unspecified atom stereocenters. The lowest BCUT2D eigenvalue weighted by Crippen LogP contribution is -2.26. The van der Waals surface area contributed by atoms with Gasteiger partial charge in [-0.3, -0.25) is 4.79 Å². The monoisotopic (exact) mass is 346 g/mol. The van der Waals surface area contributed by atoms with E-state index in [0.29, 0.717) is 24.6 Å². The maximum absolute atomic E-state index is 12.5. The largest absolute Gasteiger partial charge is 0.350 e. The van der Waals surface area contributed by atoms with Gasteiger partial charge in [-0.25, -0.2) is 9.97 Å². The lowest BCUT2D eigenvalue weighted by molar-refractivity contribution is 0.0784. The molecule has 5 heteroatoms. The van der Waals surface area contributed by atoms with Crippen molar-refractivity contribution in [3.8, 4) is 0 Å². The summed E-state index contributed by atoms with van der Waals surface area (Å²) in [5, 5.41) is 3.17. The molecule has 0 spiro atoms. The van der Waals surface area contributed by atoms with E-state index in [1.165, 1.54) is 5.56 Å². The Morgan fingerprint density at radius 3 is 2.27 bits per heavy atom. The fourth-order valence-corrected chi connectivity index (χ4v) is 2.57. The van der Waals surface area contributed by atoms with Crippen LogP contribution in [-0.2, 0) is 13.1 Å². The van der Waals surface area contributed by atoms with Crippen LogP contribution in [-0.4, -0.2) is 27.8 Å². The average molecular weight is 346 g/mol. The third-order valence-electron chi connectivity index (χ3n) is 4.08. The number of hydrogen-bond acceptors (Lipinski definition) is 4. The highest BCUT2D eigenvalue weighted by molar-refractivity contribution is 5.93. The first-order valence-electron chi connectivity index (χ1n) is 8.52. The van der Waals surface area contributed by atoms with Gasteiger partial charge in [0.15, 0.2) is 0 Å². The molecule has 0 radical (unpaired) electrons. The van der Waals surface area contributed by atoms with Gasteiger partial charge in [0.05, 0.1) is 5.56 Å². The average Bonchev–Trinajstić information content (AvgIpc) is 2.68. The molecule has 1 amide bonds. The molecule has 1 aromatic heterocycles. The molecule has 0 saturated carbocycles. The summed E-state index contributed by atoms with van der Waals surface area (Å²) in [6, 6.07) is 18.2. The number of rotatable bonds is 6. The minimum absolute atomic E-state index is 0.0982. The van der Waals surface area contributed by atoms with E-state index in [9.17, 15) is 4.79 Å². The van der Waals surface area contributed by atoms with E-state index in [1.807, 2.05) is 30.3 Å². The normalized spacial score (nSPS) is 10.4. The highest BCUT2D eigenvalue weighted by Crippen LogP contribution is 2.09. The summed E-state index contributed by atoms with van der Waals surface area (Å²) in [6.45, 7) is 3.25. The van der Waals surface area contributed by atoms with Crippen molar-refractivity contribution < 1.29 is 4.79 Å². The molecule has 26 heavy (non-hydrogen) atoms. The molecule has 0 aliphatic heterocycles. The zero-order chi connectivity index (χ0) is 18.4. The lowest BCUT2D eigenvalue weighted by atomic mass is 10.1. The van der Waals surface area contributed by atoms with Gasteiger partial charge in [-0.1, -0.05) is 60.2 Å². The quantitative estimate of drug-likeness (QED) is 0.740. The highest BCUT2D eigenvalue weighted by Gasteiger charge is 2.13. The second-order valence-electron chi connectivity index (χ2n) is 6.28. The van der Waals surface area contributed by atoms with Gasteiger partial charge in [0.2, 0.25) is 5.95 Å². The molecule has 5 nitrogen and oxygen atoms in total. The lowest BCUT2D eigenvalue weighted by Gasteiger charge is -2.17. The van der Waals surface area contributed by atoms with Crippen molar-refractivity contribution >= 4 is 11.9 Å². The maximum Gasteiger partial charge on any atom is 0.257 e. The molecular formula is C21H22N4O. The molecule has 3 rings (SSSR count). The Labute approximate surface area is 153 Å². The van der Waals surface area contributed by atoms with Crippen LogP contribution >= 0.6 is 0 Å². The minimum atomic E-state index is -0.0982. The first-order valence-corrected chi connectivity index (χ1v) is 8.52. The molecule has 3 aromatic rings. The van der Waals surface area contributed by atoms with Gasteiger partial charge < -0.3 is 10.2 Å². The smallest absolute Gasteiger partial charge is 0.257 e. The Kier molecular flexibility index (Phi) is 5.59. The van der Waals surface area contributed by atoms with E-state index in [1.54, 1.807) is 24.3 Å². The summed E-state index contributed by atoms with van der Waals surface area (Å²) in [5.74, 6) is 0.409. The van der Waals surface area contributed by atoms with E-state index < -0.39 is 0 Å². The summed E-state index contributed by atoms with van der Waals surface area (Å²) >= 11 is 0. The fraction of sp³-hybridized carbons (Fsp3) is 0.190. The van der Waals surface area contributed by atoms with Crippen molar-refractivity contribution in [2.75, 3.05) is 12.4 Å². The topological polar surface area (TPSA) is 58.1 Å². The molecule has 0 aliphatic carbocycles. The van der Waals surface area contributed by atoms with E-state index in [2.05, 4.69) is 46.5 Å². The molecule has 1 N–H and O–H groups in total. The zero-order valence-electron chi connectivity index (χ0n) is 15.0. The summed E-state index contributed by atoms with van der Waals surface area (Å²) in [7, 11) is 1.78. The molecular weight excluding hydrogens is 324 g/mol. The molecule has 1 heterocycles. The molecule has 0 aliphatic rings. The first kappa shape index (κ1) is 17.6. The summed E-state index contributed by atoms with van der Waals surface area (Å²) in [4.78, 5) is 22.7. The van der Waals surface area contributed by atoms with Gasteiger partial charge in [-0.05, 0) is 18.1 Å². The molecule has 0 saturated heterocycles. The van der Waals surface area contributed by atoms with Crippen molar-refractivity contribution in [2.24, 2.45) is 0 Å². The van der Waals surface area contributed by atoms with E-state index >= 15 is 0 Å². The summed E-state index contributed by atoms with van der Waals surface area (Å²) < 4.78 is 0. The third kappa shape index (κ3) is 4.66. The molecule has 0 atom stereocenters. The van der Waals surface area contributed by atoms with Crippen LogP contribution < -0.4 is 5.32 Å². The predicted molar refractivity (Wildman–Crippen MR) is 103 cm³/mol. The van der Waals surface area contributed by atoms with Gasteiger partial charge in [-0.15, -0.1) is 0 Å². The Hall–Kier alpha value is -3.21. The third-order valence-corrected chi connectivity index (χ3v) is 4.08. The zero-order valence-corrected chi connectivity index (χ0v) is 15.0. The van der Waals surface area contributed by atoms with Crippen molar-refractivity contribution in [1.82, 2.24) is 14.9 Å². The highest BCUT2D eigenvalue weighted by atomic mass is 16.2. The second kappa shape index (κ2) is 8.25. The number of amides is 1. The van der Waals surface area contributed by atoms with E-state index in [4.69, 9.17) is 0 Å². The summed E-state index contributed by atoms with van der Waals surface area (Å²) in [6.07, 6.45) is 3.13. The van der Waals surface area contributed by atoms with Crippen molar-refractivity contribution in [3.63, 3.8) is 0 Å². The number of nitrogens with zero attached hydrogens (tertiary/aromatic N) is 3. The van der Waals surface area contributed by atoms with Crippen LogP contribution in [0.15, 0.2) is 67.0 Å². The minimum Gasteiger partial charge on any atom is -0.350 e. The number of nitrogens with one attached hydrogen (secondary N) is 1.